The van der Waals surface area contributed by atoms with Crippen molar-refractivity contribution in [1.82, 2.24) is 0 Å². The summed E-state index contributed by atoms with van der Waals surface area (Å²) in [6.45, 7) is 4.35. The lowest BCUT2D eigenvalue weighted by Crippen LogP contribution is -2.43. The van der Waals surface area contributed by atoms with Crippen LogP contribution in [0, 0.1) is 11.3 Å². The van der Waals surface area contributed by atoms with Gasteiger partial charge in [0.1, 0.15) is 0 Å². The van der Waals surface area contributed by atoms with Gasteiger partial charge in [-0.05, 0) is 31.6 Å². The third-order valence-electron chi connectivity index (χ3n) is 4.13. The van der Waals surface area contributed by atoms with E-state index in [0.29, 0.717) is 5.92 Å². The lowest BCUT2D eigenvalue weighted by Gasteiger charge is -2.47. The number of fused-ring (bicyclic) bond motifs is 1. The molecule has 0 heterocycles. The summed E-state index contributed by atoms with van der Waals surface area (Å²) in [5.74, 6) is 0.526. The normalized spacial score (nSPS) is 48.3. The van der Waals surface area contributed by atoms with Crippen LogP contribution in [0.5, 0.6) is 0 Å². The number of aliphatic hydroxyl groups is 2. The summed E-state index contributed by atoms with van der Waals surface area (Å²) in [5, 5.41) is 19.7. The first kappa shape index (κ1) is 10.2. The first-order valence-electron chi connectivity index (χ1n) is 5.62. The largest absolute Gasteiger partial charge is 0.392 e. The topological polar surface area (TPSA) is 40.5 Å². The third-order valence-corrected chi connectivity index (χ3v) is 4.13. The Bertz CT molecular complexity index is 259. The highest BCUT2D eigenvalue weighted by molar-refractivity contribution is 5.25. The molecule has 2 aliphatic carbocycles. The highest BCUT2D eigenvalue weighted by atomic mass is 16.3. The summed E-state index contributed by atoms with van der Waals surface area (Å²) in [7, 11) is 0. The summed E-state index contributed by atoms with van der Waals surface area (Å²) in [6.07, 6.45) is 5.16. The lowest BCUT2D eigenvalue weighted by molar-refractivity contribution is 0.00373. The Labute approximate surface area is 85.6 Å². The molecule has 0 aromatic carbocycles. The van der Waals surface area contributed by atoms with Gasteiger partial charge in [0.15, 0.2) is 0 Å². The average molecular weight is 196 g/mol. The Balaban J connectivity index is 2.35. The zero-order valence-corrected chi connectivity index (χ0v) is 9.03. The van der Waals surface area contributed by atoms with Crippen molar-refractivity contribution >= 4 is 0 Å². The number of aliphatic hydroxyl groups excluding tert-OH is 2. The van der Waals surface area contributed by atoms with Gasteiger partial charge in [0, 0.05) is 5.41 Å². The lowest BCUT2D eigenvalue weighted by atomic mass is 9.61. The van der Waals surface area contributed by atoms with Crippen LogP contribution in [-0.4, -0.2) is 22.4 Å². The predicted octanol–water partition coefficient (Wildman–Crippen LogP) is 1.86. The third kappa shape index (κ3) is 1.41. The molecule has 1 saturated carbocycles. The van der Waals surface area contributed by atoms with E-state index in [1.165, 1.54) is 5.57 Å². The Morgan fingerprint density at radius 3 is 2.71 bits per heavy atom. The van der Waals surface area contributed by atoms with E-state index in [-0.39, 0.29) is 17.6 Å². The molecule has 0 spiro atoms. The maximum absolute atomic E-state index is 10.0. The highest BCUT2D eigenvalue weighted by Gasteiger charge is 2.44. The maximum atomic E-state index is 10.0. The van der Waals surface area contributed by atoms with Crippen molar-refractivity contribution in [3.8, 4) is 0 Å². The van der Waals surface area contributed by atoms with Gasteiger partial charge < -0.3 is 10.2 Å². The van der Waals surface area contributed by atoms with Crippen molar-refractivity contribution in [3.63, 3.8) is 0 Å². The van der Waals surface area contributed by atoms with E-state index in [4.69, 9.17) is 0 Å². The monoisotopic (exact) mass is 196 g/mol. The summed E-state index contributed by atoms with van der Waals surface area (Å²) < 4.78 is 0. The fourth-order valence-corrected chi connectivity index (χ4v) is 3.04. The van der Waals surface area contributed by atoms with Crippen LogP contribution < -0.4 is 0 Å². The molecule has 2 rings (SSSR count). The van der Waals surface area contributed by atoms with E-state index in [0.717, 1.165) is 25.7 Å². The van der Waals surface area contributed by atoms with Crippen LogP contribution in [0.3, 0.4) is 0 Å². The van der Waals surface area contributed by atoms with Crippen molar-refractivity contribution in [2.24, 2.45) is 11.3 Å². The molecule has 0 aromatic heterocycles. The van der Waals surface area contributed by atoms with E-state index in [1.54, 1.807) is 0 Å². The van der Waals surface area contributed by atoms with E-state index in [1.807, 2.05) is 6.08 Å². The molecule has 2 N–H and O–H groups in total. The van der Waals surface area contributed by atoms with Crippen LogP contribution in [0.25, 0.3) is 0 Å². The molecule has 2 heteroatoms. The Hall–Kier alpha value is -0.340. The van der Waals surface area contributed by atoms with Crippen LogP contribution >= 0.6 is 0 Å². The molecule has 1 fully saturated rings. The second-order valence-corrected chi connectivity index (χ2v) is 5.14. The number of hydrogen-bond acceptors (Lipinski definition) is 2. The molecular weight excluding hydrogens is 176 g/mol. The first-order valence-corrected chi connectivity index (χ1v) is 5.62. The van der Waals surface area contributed by atoms with Crippen LogP contribution in [0.15, 0.2) is 11.6 Å². The van der Waals surface area contributed by atoms with Gasteiger partial charge in [0.2, 0.25) is 0 Å². The van der Waals surface area contributed by atoms with E-state index in [9.17, 15) is 10.2 Å². The van der Waals surface area contributed by atoms with Crippen LogP contribution in [0.1, 0.15) is 39.5 Å². The van der Waals surface area contributed by atoms with Crippen LogP contribution in [-0.2, 0) is 0 Å². The maximum Gasteiger partial charge on any atom is 0.0724 e. The molecule has 0 aliphatic heterocycles. The minimum Gasteiger partial charge on any atom is -0.392 e. The quantitative estimate of drug-likeness (QED) is 0.581. The Morgan fingerprint density at radius 1 is 1.29 bits per heavy atom. The standard InChI is InChI=1S/C12H20O2/c1-8-3-4-11(14)12(2)6-5-9(13)7-10(8)12/h7-9,11,13-14H,3-6H2,1-2H3/t8-,9-,11-,12-/m0/s1. The molecule has 0 bridgehead atoms. The molecule has 14 heavy (non-hydrogen) atoms. The zero-order valence-electron chi connectivity index (χ0n) is 9.03. The van der Waals surface area contributed by atoms with Gasteiger partial charge >= 0.3 is 0 Å². The van der Waals surface area contributed by atoms with Crippen molar-refractivity contribution in [2.45, 2.75) is 51.7 Å². The minimum atomic E-state index is -0.286. The predicted molar refractivity (Wildman–Crippen MR) is 55.8 cm³/mol. The molecule has 0 unspecified atom stereocenters. The number of hydrogen-bond donors (Lipinski definition) is 2. The molecule has 2 aliphatic rings. The van der Waals surface area contributed by atoms with Gasteiger partial charge in [-0.2, -0.15) is 0 Å². The van der Waals surface area contributed by atoms with Crippen molar-refractivity contribution in [1.29, 1.82) is 0 Å². The van der Waals surface area contributed by atoms with Crippen molar-refractivity contribution < 1.29 is 10.2 Å². The summed E-state index contributed by atoms with van der Waals surface area (Å²) >= 11 is 0. The molecule has 0 radical (unpaired) electrons. The second-order valence-electron chi connectivity index (χ2n) is 5.14. The first-order chi connectivity index (χ1) is 6.54. The molecule has 0 saturated heterocycles. The van der Waals surface area contributed by atoms with Gasteiger partial charge in [-0.25, -0.2) is 0 Å². The Morgan fingerprint density at radius 2 is 2.00 bits per heavy atom. The minimum absolute atomic E-state index is 0.0586. The molecule has 0 aromatic rings. The number of rotatable bonds is 0. The molecular formula is C12H20O2. The summed E-state index contributed by atoms with van der Waals surface area (Å²) in [6, 6.07) is 0. The fraction of sp³-hybridized carbons (Fsp3) is 0.833. The molecule has 4 atom stereocenters. The van der Waals surface area contributed by atoms with Crippen molar-refractivity contribution in [2.75, 3.05) is 0 Å². The van der Waals surface area contributed by atoms with Crippen molar-refractivity contribution in [3.05, 3.63) is 11.6 Å². The smallest absolute Gasteiger partial charge is 0.0724 e. The van der Waals surface area contributed by atoms with Gasteiger partial charge in [-0.1, -0.05) is 25.5 Å². The van der Waals surface area contributed by atoms with Gasteiger partial charge in [-0.15, -0.1) is 0 Å². The summed E-state index contributed by atoms with van der Waals surface area (Å²) in [4.78, 5) is 0. The summed E-state index contributed by atoms with van der Waals surface area (Å²) in [5.41, 5.74) is 1.23. The zero-order chi connectivity index (χ0) is 10.3. The molecule has 0 amide bonds. The Kier molecular flexibility index (Phi) is 2.44. The second kappa shape index (κ2) is 3.35. The van der Waals surface area contributed by atoms with Crippen LogP contribution in [0.2, 0.25) is 0 Å². The fourth-order valence-electron chi connectivity index (χ4n) is 3.04. The van der Waals surface area contributed by atoms with Gasteiger partial charge in [-0.3, -0.25) is 0 Å². The van der Waals surface area contributed by atoms with Gasteiger partial charge in [0.25, 0.3) is 0 Å². The van der Waals surface area contributed by atoms with E-state index in [2.05, 4.69) is 13.8 Å². The average Bonchev–Trinajstić information content (AvgIpc) is 2.16. The van der Waals surface area contributed by atoms with Crippen LogP contribution in [0.4, 0.5) is 0 Å². The van der Waals surface area contributed by atoms with E-state index >= 15 is 0 Å². The van der Waals surface area contributed by atoms with E-state index < -0.39 is 0 Å². The molecule has 2 nitrogen and oxygen atoms in total. The molecule has 80 valence electrons. The SMILES string of the molecule is C[C@H]1CC[C@H](O)[C@@]2(C)CC[C@H](O)C=C12. The van der Waals surface area contributed by atoms with Gasteiger partial charge in [0.05, 0.1) is 12.2 Å². The highest BCUT2D eigenvalue weighted by Crippen LogP contribution is 2.49.